The molecule has 0 fully saturated rings. The van der Waals surface area contributed by atoms with Crippen molar-refractivity contribution in [3.05, 3.63) is 20.5 Å². The van der Waals surface area contributed by atoms with Gasteiger partial charge in [-0.05, 0) is 0 Å². The van der Waals surface area contributed by atoms with Crippen LogP contribution < -0.4 is 0 Å². The first-order chi connectivity index (χ1) is 5.52. The molecule has 4 heteroatoms. The number of hydrogen-bond acceptors (Lipinski definition) is 0. The molecule has 14 heavy (non-hydrogen) atoms. The van der Waals surface area contributed by atoms with Crippen molar-refractivity contribution in [3.8, 4) is 0 Å². The second-order valence-corrected chi connectivity index (χ2v) is 18.5. The van der Waals surface area contributed by atoms with Crippen LogP contribution in [-0.2, 0) is 22.4 Å². The zero-order chi connectivity index (χ0) is 9.30. The van der Waals surface area contributed by atoms with E-state index in [0.717, 1.165) is 5.92 Å². The predicted molar refractivity (Wildman–Crippen MR) is 69.0 cm³/mol. The molecule has 0 aromatic heterocycles. The standard InChI is InChI=1S/C8H11.C2H7Si.2ClH.Zr/c1-6-4-7(2)8(3)5-6;1-3-2;;;/h4,6H,1-3H3;3H,1-2H3;2*1H;. The molecule has 0 N–H and O–H groups in total. The van der Waals surface area contributed by atoms with Gasteiger partial charge in [0.1, 0.15) is 0 Å². The fraction of sp³-hybridized carbons (Fsp3) is 0.600. The largest absolute Gasteiger partial charge is 0.147 e. The van der Waals surface area contributed by atoms with Crippen molar-refractivity contribution in [2.24, 2.45) is 5.92 Å². The van der Waals surface area contributed by atoms with E-state index in [1.807, 2.05) is 3.28 Å². The first kappa shape index (κ1) is 17.6. The average molecular weight is 330 g/mol. The summed E-state index contributed by atoms with van der Waals surface area (Å²) in [4.78, 5) is 0. The molecule has 0 aliphatic heterocycles. The third kappa shape index (κ3) is 4.35. The summed E-state index contributed by atoms with van der Waals surface area (Å²) in [7, 11) is 0. The second-order valence-electron chi connectivity index (χ2n) is 3.98. The second kappa shape index (κ2) is 7.44. The van der Waals surface area contributed by atoms with Gasteiger partial charge in [-0.2, -0.15) is 0 Å². The third-order valence-electron chi connectivity index (χ3n) is 2.40. The Bertz CT molecular complexity index is 247. The normalized spacial score (nSPS) is 20.1. The van der Waals surface area contributed by atoms with E-state index in [0.29, 0.717) is 0 Å². The van der Waals surface area contributed by atoms with Crippen LogP contribution in [0, 0.1) is 5.92 Å². The smallest absolute Gasteiger partial charge is 0.147 e. The van der Waals surface area contributed by atoms with Crippen LogP contribution in [0.4, 0.5) is 0 Å². The van der Waals surface area contributed by atoms with Gasteiger partial charge in [0.25, 0.3) is 0 Å². The number of hydrogen-bond donors (Lipinski definition) is 0. The molecule has 0 radical (unpaired) electrons. The first-order valence-corrected chi connectivity index (χ1v) is 13.1. The summed E-state index contributed by atoms with van der Waals surface area (Å²) in [5.41, 5.74) is 3.20. The molecule has 0 amide bonds. The van der Waals surface area contributed by atoms with E-state index < -0.39 is 0 Å². The van der Waals surface area contributed by atoms with Crippen LogP contribution in [0.3, 0.4) is 0 Å². The summed E-state index contributed by atoms with van der Waals surface area (Å²) >= 11 is -0.116. The Morgan fingerprint density at radius 3 is 2.00 bits per heavy atom. The van der Waals surface area contributed by atoms with Gasteiger partial charge in [0, 0.05) is 0 Å². The fourth-order valence-electron chi connectivity index (χ4n) is 1.69. The SMILES string of the molecule is CC1=CC(C)[C]([Zr][SiH](C)C)=C1C.Cl.Cl. The van der Waals surface area contributed by atoms with E-state index in [1.54, 1.807) is 11.1 Å². The Morgan fingerprint density at radius 1 is 1.21 bits per heavy atom. The van der Waals surface area contributed by atoms with E-state index in [2.05, 4.69) is 39.9 Å². The number of halogens is 2. The zero-order valence-corrected chi connectivity index (χ0v) is 14.8. The molecule has 1 aliphatic carbocycles. The van der Waals surface area contributed by atoms with Crippen LogP contribution in [0.25, 0.3) is 0 Å². The quantitative estimate of drug-likeness (QED) is 0.676. The number of rotatable bonds is 2. The van der Waals surface area contributed by atoms with Crippen LogP contribution in [0.1, 0.15) is 20.8 Å². The van der Waals surface area contributed by atoms with Crippen molar-refractivity contribution >= 4 is 30.7 Å². The van der Waals surface area contributed by atoms with Crippen molar-refractivity contribution in [2.75, 3.05) is 0 Å². The first-order valence-electron chi connectivity index (χ1n) is 4.68. The van der Waals surface area contributed by atoms with Crippen molar-refractivity contribution in [1.29, 1.82) is 0 Å². The monoisotopic (exact) mass is 328 g/mol. The van der Waals surface area contributed by atoms with Gasteiger partial charge in [0.05, 0.1) is 0 Å². The van der Waals surface area contributed by atoms with Crippen LogP contribution in [-0.4, -0.2) is 5.92 Å². The molecule has 0 bridgehead atoms. The van der Waals surface area contributed by atoms with Crippen molar-refractivity contribution in [2.45, 2.75) is 33.9 Å². The molecule has 1 rings (SSSR count). The van der Waals surface area contributed by atoms with Gasteiger partial charge in [0.2, 0.25) is 0 Å². The molecule has 0 spiro atoms. The summed E-state index contributed by atoms with van der Waals surface area (Å²) in [5.74, 6) is 0.549. The molecule has 1 aliphatic rings. The van der Waals surface area contributed by atoms with Gasteiger partial charge in [0.15, 0.2) is 0 Å². The minimum atomic E-state index is -0.249. The molecule has 0 aromatic carbocycles. The minimum absolute atomic E-state index is 0. The molecule has 1 unspecified atom stereocenters. The van der Waals surface area contributed by atoms with Crippen molar-refractivity contribution in [3.63, 3.8) is 0 Å². The zero-order valence-electron chi connectivity index (χ0n) is 9.55. The van der Waals surface area contributed by atoms with Gasteiger partial charge >= 0.3 is 88.6 Å². The minimum Gasteiger partial charge on any atom is -0.147 e. The molecule has 0 heterocycles. The Labute approximate surface area is 113 Å². The molecule has 1 atom stereocenters. The van der Waals surface area contributed by atoms with Gasteiger partial charge in [-0.15, -0.1) is 24.8 Å². The topological polar surface area (TPSA) is 0 Å². The maximum absolute atomic E-state index is 2.51. The van der Waals surface area contributed by atoms with Gasteiger partial charge in [-0.25, -0.2) is 0 Å². The Morgan fingerprint density at radius 2 is 1.71 bits per heavy atom. The van der Waals surface area contributed by atoms with Gasteiger partial charge in [-0.1, -0.05) is 0 Å². The molecule has 0 saturated carbocycles. The van der Waals surface area contributed by atoms with E-state index in [-0.39, 0.29) is 53.1 Å². The molecule has 0 aromatic rings. The van der Waals surface area contributed by atoms with Crippen LogP contribution in [0.15, 0.2) is 20.5 Å². The maximum Gasteiger partial charge on any atom is -0.147 e. The van der Waals surface area contributed by atoms with Crippen LogP contribution in [0.5, 0.6) is 0 Å². The van der Waals surface area contributed by atoms with Crippen LogP contribution >= 0.6 is 24.8 Å². The van der Waals surface area contributed by atoms with Gasteiger partial charge < -0.3 is 0 Å². The van der Waals surface area contributed by atoms with Gasteiger partial charge in [-0.3, -0.25) is 0 Å². The molecular formula is C10H20Cl2SiZr. The van der Waals surface area contributed by atoms with Crippen molar-refractivity contribution < 1.29 is 22.4 Å². The van der Waals surface area contributed by atoms with Crippen molar-refractivity contribution in [1.82, 2.24) is 0 Å². The molecular weight excluding hydrogens is 310 g/mol. The number of allylic oxidation sites excluding steroid dienone is 4. The summed E-state index contributed by atoms with van der Waals surface area (Å²) in [6, 6.07) is 0. The molecule has 0 nitrogen and oxygen atoms in total. The third-order valence-corrected chi connectivity index (χ3v) is 11.9. The average Bonchev–Trinajstić information content (AvgIpc) is 2.16. The van der Waals surface area contributed by atoms with E-state index >= 15 is 0 Å². The summed E-state index contributed by atoms with van der Waals surface area (Å²) in [6.07, 6.45) is 2.45. The molecule has 82 valence electrons. The fourth-order valence-corrected chi connectivity index (χ4v) is 11.6. The van der Waals surface area contributed by atoms with E-state index in [1.165, 1.54) is 0 Å². The Balaban J connectivity index is 0. The van der Waals surface area contributed by atoms with Crippen LogP contribution in [0.2, 0.25) is 13.1 Å². The summed E-state index contributed by atoms with van der Waals surface area (Å²) in [6.45, 7) is 12.0. The van der Waals surface area contributed by atoms with E-state index in [9.17, 15) is 0 Å². The van der Waals surface area contributed by atoms with E-state index in [4.69, 9.17) is 0 Å². The Kier molecular flexibility index (Phi) is 9.32. The summed E-state index contributed by atoms with van der Waals surface area (Å²) in [5, 5.41) is 0. The molecule has 0 saturated heterocycles. The predicted octanol–water partition coefficient (Wildman–Crippen LogP) is 3.77. The Hall–Kier alpha value is 1.16. The summed E-state index contributed by atoms with van der Waals surface area (Å²) < 4.78 is 1.89. The maximum atomic E-state index is 2.51.